The minimum Gasteiger partial charge on any atom is -0.396 e. The predicted molar refractivity (Wildman–Crippen MR) is 67.0 cm³/mol. The van der Waals surface area contributed by atoms with E-state index < -0.39 is 15.8 Å². The van der Waals surface area contributed by atoms with Gasteiger partial charge in [0.2, 0.25) is 10.0 Å². The number of thiazole rings is 1. The number of anilines is 1. The van der Waals surface area contributed by atoms with Crippen LogP contribution in [0.5, 0.6) is 0 Å². The molecule has 0 aliphatic carbocycles. The molecule has 3 N–H and O–H groups in total. The van der Waals surface area contributed by atoms with Crippen LogP contribution >= 0.6 is 11.3 Å². The summed E-state index contributed by atoms with van der Waals surface area (Å²) in [4.78, 5) is 3.88. The number of hydrogen-bond acceptors (Lipinski definition) is 5. The maximum absolute atomic E-state index is 12.9. The number of hydrogen-bond donors (Lipinski definition) is 2. The van der Waals surface area contributed by atoms with Crippen LogP contribution in [0.25, 0.3) is 0 Å². The van der Waals surface area contributed by atoms with Crippen LogP contribution < -0.4 is 10.5 Å². The first-order valence-corrected chi connectivity index (χ1v) is 7.33. The first kappa shape index (κ1) is 12.9. The molecule has 0 fully saturated rings. The van der Waals surface area contributed by atoms with Gasteiger partial charge in [-0.1, -0.05) is 0 Å². The Morgan fingerprint density at radius 3 is 2.83 bits per heavy atom. The Morgan fingerprint density at radius 1 is 1.44 bits per heavy atom. The normalized spacial score (nSPS) is 11.6. The van der Waals surface area contributed by atoms with Crippen LogP contribution in [0, 0.1) is 5.82 Å². The Hall–Kier alpha value is -1.51. The number of nitrogens with one attached hydrogen (secondary N) is 1. The molecule has 2 rings (SSSR count). The number of rotatable bonds is 4. The van der Waals surface area contributed by atoms with Gasteiger partial charge in [-0.3, -0.25) is 0 Å². The van der Waals surface area contributed by atoms with Crippen molar-refractivity contribution in [3.63, 3.8) is 0 Å². The molecule has 1 heterocycles. The summed E-state index contributed by atoms with van der Waals surface area (Å²) in [6.07, 6.45) is 0. The highest BCUT2D eigenvalue weighted by atomic mass is 32.2. The highest BCUT2D eigenvalue weighted by molar-refractivity contribution is 7.89. The summed E-state index contributed by atoms with van der Waals surface area (Å²) in [7, 11) is -3.71. The highest BCUT2D eigenvalue weighted by Crippen LogP contribution is 2.16. The molecule has 0 atom stereocenters. The molecule has 0 aliphatic heterocycles. The van der Waals surface area contributed by atoms with Crippen molar-refractivity contribution in [1.29, 1.82) is 0 Å². The first-order valence-electron chi connectivity index (χ1n) is 4.91. The summed E-state index contributed by atoms with van der Waals surface area (Å²) in [5, 5.41) is 1.74. The standard InChI is InChI=1S/C10H10FN3O2S2/c11-9-2-1-8(3-10(9)12)18(15,16)14-4-7-5-17-6-13-7/h1-3,5-6,14H,4,12H2. The maximum Gasteiger partial charge on any atom is 0.241 e. The maximum atomic E-state index is 12.9. The van der Waals surface area contributed by atoms with Gasteiger partial charge in [-0.25, -0.2) is 22.5 Å². The molecule has 8 heteroatoms. The van der Waals surface area contributed by atoms with E-state index >= 15 is 0 Å². The zero-order valence-corrected chi connectivity index (χ0v) is 10.8. The van der Waals surface area contributed by atoms with E-state index in [1.807, 2.05) is 0 Å². The molecule has 0 unspecified atom stereocenters. The lowest BCUT2D eigenvalue weighted by Crippen LogP contribution is -2.23. The molecule has 0 spiro atoms. The Balaban J connectivity index is 2.17. The predicted octanol–water partition coefficient (Wildman–Crippen LogP) is 1.34. The minimum absolute atomic E-state index is 0.0726. The van der Waals surface area contributed by atoms with Crippen LogP contribution in [-0.2, 0) is 16.6 Å². The first-order chi connectivity index (χ1) is 8.49. The Bertz CT molecular complexity index is 641. The van der Waals surface area contributed by atoms with Crippen molar-refractivity contribution >= 4 is 27.0 Å². The second kappa shape index (κ2) is 5.01. The lowest BCUT2D eigenvalue weighted by molar-refractivity contribution is 0.580. The average molecular weight is 287 g/mol. The van der Waals surface area contributed by atoms with Gasteiger partial charge in [0.15, 0.2) is 0 Å². The summed E-state index contributed by atoms with van der Waals surface area (Å²) < 4.78 is 39.1. The number of halogens is 1. The van der Waals surface area contributed by atoms with Crippen LogP contribution in [0.15, 0.2) is 34.0 Å². The van der Waals surface area contributed by atoms with E-state index in [0.29, 0.717) is 5.69 Å². The van der Waals surface area contributed by atoms with Gasteiger partial charge in [0.1, 0.15) is 5.82 Å². The van der Waals surface area contributed by atoms with Crippen molar-refractivity contribution in [2.75, 3.05) is 5.73 Å². The average Bonchev–Trinajstić information content (AvgIpc) is 2.83. The van der Waals surface area contributed by atoms with Crippen molar-refractivity contribution in [1.82, 2.24) is 9.71 Å². The summed E-state index contributed by atoms with van der Waals surface area (Å²) >= 11 is 1.37. The van der Waals surface area contributed by atoms with Gasteiger partial charge in [-0.2, -0.15) is 0 Å². The third-order valence-corrected chi connectivity index (χ3v) is 4.24. The molecule has 5 nitrogen and oxygen atoms in total. The third kappa shape index (κ3) is 2.84. The Labute approximate surface area is 108 Å². The molecule has 1 aromatic carbocycles. The molecule has 0 aliphatic rings. The van der Waals surface area contributed by atoms with E-state index in [1.165, 1.54) is 11.3 Å². The van der Waals surface area contributed by atoms with Crippen molar-refractivity contribution in [2.45, 2.75) is 11.4 Å². The van der Waals surface area contributed by atoms with Crippen molar-refractivity contribution < 1.29 is 12.8 Å². The molecule has 0 radical (unpaired) electrons. The highest BCUT2D eigenvalue weighted by Gasteiger charge is 2.15. The number of aromatic nitrogens is 1. The molecule has 96 valence electrons. The quantitative estimate of drug-likeness (QED) is 0.831. The van der Waals surface area contributed by atoms with E-state index in [0.717, 1.165) is 18.2 Å². The van der Waals surface area contributed by atoms with E-state index in [-0.39, 0.29) is 17.1 Å². The smallest absolute Gasteiger partial charge is 0.241 e. The fourth-order valence-electron chi connectivity index (χ4n) is 1.27. The van der Waals surface area contributed by atoms with E-state index in [9.17, 15) is 12.8 Å². The van der Waals surface area contributed by atoms with Crippen LogP contribution in [-0.4, -0.2) is 13.4 Å². The van der Waals surface area contributed by atoms with Gasteiger partial charge in [0.25, 0.3) is 0 Å². The van der Waals surface area contributed by atoms with Crippen LogP contribution in [0.4, 0.5) is 10.1 Å². The molecular formula is C10H10FN3O2S2. The van der Waals surface area contributed by atoms with Crippen molar-refractivity contribution in [2.24, 2.45) is 0 Å². The number of nitrogen functional groups attached to an aromatic ring is 1. The monoisotopic (exact) mass is 287 g/mol. The van der Waals surface area contributed by atoms with Crippen molar-refractivity contribution in [3.05, 3.63) is 40.6 Å². The fourth-order valence-corrected chi connectivity index (χ4v) is 2.86. The number of sulfonamides is 1. The van der Waals surface area contributed by atoms with Gasteiger partial charge < -0.3 is 5.73 Å². The van der Waals surface area contributed by atoms with Gasteiger partial charge in [-0.15, -0.1) is 11.3 Å². The van der Waals surface area contributed by atoms with E-state index in [2.05, 4.69) is 9.71 Å². The SMILES string of the molecule is Nc1cc(S(=O)(=O)NCc2cscn2)ccc1F. The molecule has 0 bridgehead atoms. The Morgan fingerprint density at radius 2 is 2.22 bits per heavy atom. The second-order valence-electron chi connectivity index (χ2n) is 3.49. The molecule has 2 aromatic rings. The summed E-state index contributed by atoms with van der Waals surface area (Å²) in [6.45, 7) is 0.0864. The van der Waals surface area contributed by atoms with Crippen LogP contribution in [0.2, 0.25) is 0 Å². The van der Waals surface area contributed by atoms with Gasteiger partial charge in [-0.05, 0) is 18.2 Å². The Kier molecular flexibility index (Phi) is 3.60. The van der Waals surface area contributed by atoms with Crippen LogP contribution in [0.3, 0.4) is 0 Å². The second-order valence-corrected chi connectivity index (χ2v) is 5.97. The zero-order chi connectivity index (χ0) is 13.2. The zero-order valence-electron chi connectivity index (χ0n) is 9.13. The largest absolute Gasteiger partial charge is 0.396 e. The van der Waals surface area contributed by atoms with Gasteiger partial charge in [0.05, 0.1) is 28.3 Å². The number of nitrogens with two attached hydrogens (primary N) is 1. The lowest BCUT2D eigenvalue weighted by Gasteiger charge is -2.06. The minimum atomic E-state index is -3.71. The van der Waals surface area contributed by atoms with E-state index in [4.69, 9.17) is 5.73 Å². The molecule has 18 heavy (non-hydrogen) atoms. The lowest BCUT2D eigenvalue weighted by atomic mass is 10.3. The summed E-state index contributed by atoms with van der Waals surface area (Å²) in [5.41, 5.74) is 7.36. The molecule has 0 amide bonds. The van der Waals surface area contributed by atoms with Crippen LogP contribution in [0.1, 0.15) is 5.69 Å². The molecule has 1 aromatic heterocycles. The van der Waals surface area contributed by atoms with E-state index in [1.54, 1.807) is 10.9 Å². The van der Waals surface area contributed by atoms with Gasteiger partial charge >= 0.3 is 0 Å². The van der Waals surface area contributed by atoms with Crippen molar-refractivity contribution in [3.8, 4) is 0 Å². The molecular weight excluding hydrogens is 277 g/mol. The third-order valence-electron chi connectivity index (χ3n) is 2.20. The summed E-state index contributed by atoms with van der Waals surface area (Å²) in [6, 6.07) is 3.26. The fraction of sp³-hybridized carbons (Fsp3) is 0.100. The number of nitrogens with zero attached hydrogens (tertiary/aromatic N) is 1. The molecule has 0 saturated heterocycles. The van der Waals surface area contributed by atoms with Gasteiger partial charge in [0, 0.05) is 5.38 Å². The molecule has 0 saturated carbocycles. The summed E-state index contributed by atoms with van der Waals surface area (Å²) in [5.74, 6) is -0.645. The topological polar surface area (TPSA) is 85.1 Å². The number of benzene rings is 1.